The number of fused-ring (bicyclic) bond motifs is 1. The fourth-order valence-corrected chi connectivity index (χ4v) is 3.55. The van der Waals surface area contributed by atoms with Crippen LogP contribution in [0.25, 0.3) is 0 Å². The van der Waals surface area contributed by atoms with Crippen molar-refractivity contribution >= 4 is 11.6 Å². The highest BCUT2D eigenvalue weighted by Crippen LogP contribution is 2.39. The molecule has 1 aliphatic rings. The van der Waals surface area contributed by atoms with Gasteiger partial charge in [-0.15, -0.1) is 11.6 Å². The summed E-state index contributed by atoms with van der Waals surface area (Å²) in [5, 5.41) is 9.45. The maximum atomic E-state index is 9.36. The smallest absolute Gasteiger partial charge is 0.115 e. The minimum absolute atomic E-state index is 0.0857. The fraction of sp³-hybridized carbons (Fsp3) is 0.333. The monoisotopic (exact) mass is 286 g/mol. The molecule has 2 aromatic carbocycles. The third-order valence-corrected chi connectivity index (χ3v) is 4.81. The van der Waals surface area contributed by atoms with E-state index in [4.69, 9.17) is 11.6 Å². The van der Waals surface area contributed by atoms with Gasteiger partial charge in [-0.05, 0) is 60.4 Å². The Morgan fingerprint density at radius 2 is 1.80 bits per heavy atom. The predicted octanol–water partition coefficient (Wildman–Crippen LogP) is 4.87. The van der Waals surface area contributed by atoms with E-state index in [1.807, 2.05) is 12.1 Å². The average Bonchev–Trinajstić information content (AvgIpc) is 2.62. The maximum Gasteiger partial charge on any atom is 0.115 e. The van der Waals surface area contributed by atoms with Gasteiger partial charge in [-0.1, -0.05) is 36.4 Å². The zero-order valence-corrected chi connectivity index (χ0v) is 12.2. The minimum atomic E-state index is 0.0857. The SMILES string of the molecule is Oc1ccc(CC2CCCc3ccccc3C2Cl)cc1. The van der Waals surface area contributed by atoms with Crippen molar-refractivity contribution in [1.29, 1.82) is 0 Å². The molecular weight excluding hydrogens is 268 g/mol. The molecule has 104 valence electrons. The summed E-state index contributed by atoms with van der Waals surface area (Å²) in [5.74, 6) is 0.784. The van der Waals surface area contributed by atoms with Crippen molar-refractivity contribution in [3.05, 3.63) is 65.2 Å². The van der Waals surface area contributed by atoms with Crippen LogP contribution in [0, 0.1) is 5.92 Å². The molecule has 2 unspecified atom stereocenters. The molecule has 20 heavy (non-hydrogen) atoms. The van der Waals surface area contributed by atoms with Crippen LogP contribution in [-0.4, -0.2) is 5.11 Å². The molecule has 0 heterocycles. The van der Waals surface area contributed by atoms with Crippen LogP contribution < -0.4 is 0 Å². The standard InChI is InChI=1S/C18H19ClO/c19-18-15(12-13-8-10-16(20)11-9-13)6-3-5-14-4-1-2-7-17(14)18/h1-2,4,7-11,15,18,20H,3,5-6,12H2. The number of halogens is 1. The van der Waals surface area contributed by atoms with Gasteiger partial charge in [0.1, 0.15) is 5.75 Å². The Morgan fingerprint density at radius 1 is 1.05 bits per heavy atom. The third kappa shape index (κ3) is 2.83. The highest BCUT2D eigenvalue weighted by atomic mass is 35.5. The Kier molecular flexibility index (Phi) is 3.98. The van der Waals surface area contributed by atoms with Crippen LogP contribution in [0.15, 0.2) is 48.5 Å². The third-order valence-electron chi connectivity index (χ3n) is 4.22. The van der Waals surface area contributed by atoms with Crippen LogP contribution >= 0.6 is 11.6 Å². The molecule has 2 aromatic rings. The topological polar surface area (TPSA) is 20.2 Å². The number of benzene rings is 2. The number of aryl methyl sites for hydroxylation is 1. The Balaban J connectivity index is 1.82. The number of rotatable bonds is 2. The van der Waals surface area contributed by atoms with E-state index in [1.165, 1.54) is 23.1 Å². The summed E-state index contributed by atoms with van der Waals surface area (Å²) < 4.78 is 0. The molecule has 0 saturated carbocycles. The first-order valence-electron chi connectivity index (χ1n) is 7.24. The summed E-state index contributed by atoms with van der Waals surface area (Å²) >= 11 is 6.75. The lowest BCUT2D eigenvalue weighted by atomic mass is 9.90. The second-order valence-electron chi connectivity index (χ2n) is 5.62. The second kappa shape index (κ2) is 5.88. The Hall–Kier alpha value is -1.47. The van der Waals surface area contributed by atoms with E-state index in [9.17, 15) is 5.11 Å². The largest absolute Gasteiger partial charge is 0.508 e. The van der Waals surface area contributed by atoms with E-state index in [0.717, 1.165) is 19.3 Å². The second-order valence-corrected chi connectivity index (χ2v) is 6.09. The Labute approximate surface area is 125 Å². The van der Waals surface area contributed by atoms with Crippen LogP contribution in [0.2, 0.25) is 0 Å². The molecule has 1 aliphatic carbocycles. The van der Waals surface area contributed by atoms with Gasteiger partial charge in [0.15, 0.2) is 0 Å². The van der Waals surface area contributed by atoms with E-state index in [2.05, 4.69) is 24.3 Å². The van der Waals surface area contributed by atoms with Crippen molar-refractivity contribution in [3.8, 4) is 5.75 Å². The van der Waals surface area contributed by atoms with Crippen molar-refractivity contribution < 1.29 is 5.11 Å². The number of hydrogen-bond acceptors (Lipinski definition) is 1. The summed E-state index contributed by atoms with van der Waals surface area (Å²) in [6.45, 7) is 0. The number of phenolic OH excluding ortho intramolecular Hbond substituents is 1. The molecule has 2 heteroatoms. The molecule has 0 spiro atoms. The average molecular weight is 287 g/mol. The number of alkyl halides is 1. The summed E-state index contributed by atoms with van der Waals surface area (Å²) in [6.07, 6.45) is 4.46. The Bertz CT molecular complexity index is 576. The molecule has 1 nitrogen and oxygen atoms in total. The van der Waals surface area contributed by atoms with Crippen molar-refractivity contribution in [2.24, 2.45) is 5.92 Å². The first-order valence-corrected chi connectivity index (χ1v) is 7.67. The molecule has 1 N–H and O–H groups in total. The van der Waals surface area contributed by atoms with Crippen molar-refractivity contribution in [2.45, 2.75) is 31.1 Å². The quantitative estimate of drug-likeness (QED) is 0.617. The minimum Gasteiger partial charge on any atom is -0.508 e. The van der Waals surface area contributed by atoms with E-state index in [1.54, 1.807) is 12.1 Å². The first-order chi connectivity index (χ1) is 9.74. The molecule has 2 atom stereocenters. The van der Waals surface area contributed by atoms with Crippen LogP contribution in [0.4, 0.5) is 0 Å². The molecule has 0 bridgehead atoms. The van der Waals surface area contributed by atoms with Gasteiger partial charge in [-0.25, -0.2) is 0 Å². The molecule has 0 aromatic heterocycles. The zero-order valence-electron chi connectivity index (χ0n) is 11.4. The van der Waals surface area contributed by atoms with Gasteiger partial charge in [-0.3, -0.25) is 0 Å². The molecule has 0 aliphatic heterocycles. The van der Waals surface area contributed by atoms with Crippen LogP contribution in [0.3, 0.4) is 0 Å². The molecule has 0 saturated heterocycles. The lowest BCUT2D eigenvalue weighted by Crippen LogP contribution is -2.10. The van der Waals surface area contributed by atoms with E-state index in [-0.39, 0.29) is 5.38 Å². The van der Waals surface area contributed by atoms with Crippen LogP contribution in [0.1, 0.15) is 34.9 Å². The van der Waals surface area contributed by atoms with Crippen LogP contribution in [-0.2, 0) is 12.8 Å². The first kappa shape index (κ1) is 13.5. The zero-order chi connectivity index (χ0) is 13.9. The summed E-state index contributed by atoms with van der Waals surface area (Å²) in [5.41, 5.74) is 3.95. The number of phenols is 1. The molecule has 0 radical (unpaired) electrons. The highest BCUT2D eigenvalue weighted by Gasteiger charge is 2.25. The Morgan fingerprint density at radius 3 is 2.60 bits per heavy atom. The lowest BCUT2D eigenvalue weighted by Gasteiger charge is -2.21. The van der Waals surface area contributed by atoms with Gasteiger partial charge in [0.25, 0.3) is 0 Å². The lowest BCUT2D eigenvalue weighted by molar-refractivity contribution is 0.462. The van der Waals surface area contributed by atoms with Crippen LogP contribution in [0.5, 0.6) is 5.75 Å². The van der Waals surface area contributed by atoms with E-state index >= 15 is 0 Å². The fourth-order valence-electron chi connectivity index (χ4n) is 3.13. The molecule has 0 fully saturated rings. The summed E-state index contributed by atoms with van der Waals surface area (Å²) in [4.78, 5) is 0. The van der Waals surface area contributed by atoms with E-state index in [0.29, 0.717) is 11.7 Å². The predicted molar refractivity (Wildman–Crippen MR) is 83.3 cm³/mol. The van der Waals surface area contributed by atoms with Gasteiger partial charge in [-0.2, -0.15) is 0 Å². The van der Waals surface area contributed by atoms with Crippen molar-refractivity contribution in [2.75, 3.05) is 0 Å². The van der Waals surface area contributed by atoms with Crippen molar-refractivity contribution in [1.82, 2.24) is 0 Å². The van der Waals surface area contributed by atoms with Gasteiger partial charge in [0.2, 0.25) is 0 Å². The number of hydrogen-bond donors (Lipinski definition) is 1. The maximum absolute atomic E-state index is 9.36. The number of aromatic hydroxyl groups is 1. The van der Waals surface area contributed by atoms with E-state index < -0.39 is 0 Å². The van der Waals surface area contributed by atoms with Crippen molar-refractivity contribution in [3.63, 3.8) is 0 Å². The molecular formula is C18H19ClO. The highest BCUT2D eigenvalue weighted by molar-refractivity contribution is 6.21. The normalized spacial score (nSPS) is 22.1. The molecule has 0 amide bonds. The van der Waals surface area contributed by atoms with Gasteiger partial charge < -0.3 is 5.11 Å². The van der Waals surface area contributed by atoms with Gasteiger partial charge in [0.05, 0.1) is 5.38 Å². The summed E-state index contributed by atoms with van der Waals surface area (Å²) in [7, 11) is 0. The molecule has 3 rings (SSSR count). The van der Waals surface area contributed by atoms with Gasteiger partial charge >= 0.3 is 0 Å². The summed E-state index contributed by atoms with van der Waals surface area (Å²) in [6, 6.07) is 16.0. The van der Waals surface area contributed by atoms with Gasteiger partial charge in [0, 0.05) is 0 Å².